The number of hydrogen-bond donors (Lipinski definition) is 0. The van der Waals surface area contributed by atoms with Gasteiger partial charge >= 0.3 is 0 Å². The highest BCUT2D eigenvalue weighted by Crippen LogP contribution is 2.41. The van der Waals surface area contributed by atoms with E-state index in [1.807, 2.05) is 0 Å². The van der Waals surface area contributed by atoms with Gasteiger partial charge in [-0.05, 0) is 67.5 Å². The van der Waals surface area contributed by atoms with Crippen LogP contribution in [0, 0.1) is 22.9 Å². The molecule has 5 rings (SSSR count). The molecule has 40 heavy (non-hydrogen) atoms. The quantitative estimate of drug-likeness (QED) is 0.427. The molecule has 1 spiro atoms. The number of piperidine rings is 2. The Hall–Kier alpha value is -4.08. The number of benzene rings is 2. The molecule has 2 fully saturated rings. The summed E-state index contributed by atoms with van der Waals surface area (Å²) in [6.07, 6.45) is 3.06. The van der Waals surface area contributed by atoms with Crippen LogP contribution in [0.1, 0.15) is 46.5 Å². The van der Waals surface area contributed by atoms with Crippen molar-refractivity contribution in [3.05, 3.63) is 77.2 Å². The normalized spacial score (nSPS) is 16.6. The number of rotatable bonds is 5. The predicted molar refractivity (Wildman–Crippen MR) is 142 cm³/mol. The molecule has 0 atom stereocenters. The molecule has 210 valence electrons. The summed E-state index contributed by atoms with van der Waals surface area (Å²) in [6, 6.07) is 10.7. The van der Waals surface area contributed by atoms with Gasteiger partial charge in [-0.3, -0.25) is 9.59 Å². The maximum atomic E-state index is 14.6. The maximum absolute atomic E-state index is 14.6. The van der Waals surface area contributed by atoms with Gasteiger partial charge in [0.05, 0.1) is 19.8 Å². The van der Waals surface area contributed by atoms with Gasteiger partial charge in [-0.25, -0.2) is 18.2 Å². The summed E-state index contributed by atoms with van der Waals surface area (Å²) in [5, 5.41) is 0. The monoisotopic (exact) mass is 553 g/mol. The molecular weight excluding hydrogens is 523 g/mol. The van der Waals surface area contributed by atoms with Crippen LogP contribution in [-0.2, 0) is 0 Å². The molecule has 2 aliphatic heterocycles. The average molecular weight is 554 g/mol. The first kappa shape index (κ1) is 27.5. The molecule has 2 aliphatic rings. The predicted octanol–water partition coefficient (Wildman–Crippen LogP) is 5.34. The lowest BCUT2D eigenvalue weighted by Crippen LogP contribution is -2.52. The third-order valence-corrected chi connectivity index (χ3v) is 7.97. The Labute approximate surface area is 230 Å². The van der Waals surface area contributed by atoms with Crippen molar-refractivity contribution < 1.29 is 32.2 Å². The zero-order valence-electron chi connectivity index (χ0n) is 22.4. The fraction of sp³-hybridized carbons (Fsp3) is 0.367. The minimum absolute atomic E-state index is 0.0769. The molecule has 0 bridgehead atoms. The number of pyridine rings is 1. The third kappa shape index (κ3) is 5.10. The first-order chi connectivity index (χ1) is 19.3. The lowest BCUT2D eigenvalue weighted by molar-refractivity contribution is 0.0197. The van der Waals surface area contributed by atoms with Crippen LogP contribution < -0.4 is 9.47 Å². The van der Waals surface area contributed by atoms with Crippen LogP contribution >= 0.6 is 0 Å². The van der Waals surface area contributed by atoms with E-state index >= 15 is 0 Å². The van der Waals surface area contributed by atoms with Crippen LogP contribution in [-0.4, -0.2) is 67.0 Å². The SMILES string of the molecule is COc1cccc(OC)c1C(=O)N1CCC2(CCCN(C(=O)c3ccc(F)c(-c4c(F)cccc4F)n3)C2)CC1. The second-order valence-electron chi connectivity index (χ2n) is 10.3. The topological polar surface area (TPSA) is 72.0 Å². The van der Waals surface area contributed by atoms with E-state index in [2.05, 4.69) is 4.98 Å². The van der Waals surface area contributed by atoms with Crippen LogP contribution in [0.2, 0.25) is 0 Å². The summed E-state index contributed by atoms with van der Waals surface area (Å²) >= 11 is 0. The number of aromatic nitrogens is 1. The van der Waals surface area contributed by atoms with Crippen molar-refractivity contribution in [3.63, 3.8) is 0 Å². The van der Waals surface area contributed by atoms with Gasteiger partial charge in [0.1, 0.15) is 45.9 Å². The molecule has 3 aromatic rings. The highest BCUT2D eigenvalue weighted by molar-refractivity contribution is 5.99. The van der Waals surface area contributed by atoms with Gasteiger partial charge in [-0.1, -0.05) is 12.1 Å². The summed E-state index contributed by atoms with van der Waals surface area (Å²) in [4.78, 5) is 34.4. The highest BCUT2D eigenvalue weighted by Gasteiger charge is 2.41. The second-order valence-corrected chi connectivity index (χ2v) is 10.3. The number of nitrogens with zero attached hydrogens (tertiary/aromatic N) is 3. The van der Waals surface area contributed by atoms with E-state index in [9.17, 15) is 22.8 Å². The van der Waals surface area contributed by atoms with Crippen molar-refractivity contribution in [1.29, 1.82) is 0 Å². The first-order valence-corrected chi connectivity index (χ1v) is 13.2. The lowest BCUT2D eigenvalue weighted by atomic mass is 9.72. The number of hydrogen-bond acceptors (Lipinski definition) is 5. The smallest absolute Gasteiger partial charge is 0.272 e. The van der Waals surface area contributed by atoms with Gasteiger partial charge < -0.3 is 19.3 Å². The number of amides is 2. The summed E-state index contributed by atoms with van der Waals surface area (Å²) in [5.74, 6) is -2.54. The molecule has 0 N–H and O–H groups in total. The summed E-state index contributed by atoms with van der Waals surface area (Å²) < 4.78 is 54.1. The number of carbonyl (C=O) groups excluding carboxylic acids is 2. The zero-order valence-corrected chi connectivity index (χ0v) is 22.4. The molecule has 2 saturated heterocycles. The lowest BCUT2D eigenvalue weighted by Gasteiger charge is -2.47. The molecule has 0 saturated carbocycles. The van der Waals surface area contributed by atoms with Crippen molar-refractivity contribution in [3.8, 4) is 22.8 Å². The van der Waals surface area contributed by atoms with E-state index in [-0.39, 0.29) is 17.0 Å². The minimum atomic E-state index is -0.958. The van der Waals surface area contributed by atoms with Crippen molar-refractivity contribution in [1.82, 2.24) is 14.8 Å². The fourth-order valence-corrected chi connectivity index (χ4v) is 5.82. The van der Waals surface area contributed by atoms with Crippen molar-refractivity contribution in [2.45, 2.75) is 25.7 Å². The van der Waals surface area contributed by atoms with Gasteiger partial charge in [0.25, 0.3) is 11.8 Å². The Morgan fingerprint density at radius 2 is 1.40 bits per heavy atom. The van der Waals surface area contributed by atoms with Crippen molar-refractivity contribution in [2.75, 3.05) is 40.4 Å². The zero-order chi connectivity index (χ0) is 28.4. The van der Waals surface area contributed by atoms with Gasteiger partial charge in [0, 0.05) is 26.2 Å². The first-order valence-electron chi connectivity index (χ1n) is 13.2. The summed E-state index contributed by atoms with van der Waals surface area (Å²) in [7, 11) is 3.02. The Morgan fingerprint density at radius 1 is 0.775 bits per heavy atom. The van der Waals surface area contributed by atoms with E-state index in [1.54, 1.807) is 28.0 Å². The Morgan fingerprint density at radius 3 is 2.02 bits per heavy atom. The fourth-order valence-electron chi connectivity index (χ4n) is 5.82. The Balaban J connectivity index is 1.31. The molecule has 7 nitrogen and oxygen atoms in total. The number of ether oxygens (including phenoxy) is 2. The van der Waals surface area contributed by atoms with Crippen LogP contribution in [0.4, 0.5) is 13.2 Å². The molecule has 10 heteroatoms. The number of likely N-dealkylation sites (tertiary alicyclic amines) is 2. The molecule has 2 amide bonds. The maximum Gasteiger partial charge on any atom is 0.272 e. The summed E-state index contributed by atoms with van der Waals surface area (Å²) in [5.41, 5.74) is -1.02. The number of carbonyl (C=O) groups is 2. The van der Waals surface area contributed by atoms with Crippen molar-refractivity contribution >= 4 is 11.8 Å². The van der Waals surface area contributed by atoms with E-state index < -0.39 is 34.6 Å². The van der Waals surface area contributed by atoms with E-state index in [0.29, 0.717) is 56.1 Å². The molecule has 1 aromatic heterocycles. The van der Waals surface area contributed by atoms with Gasteiger partial charge in [0.2, 0.25) is 0 Å². The molecule has 3 heterocycles. The Bertz CT molecular complexity index is 1400. The minimum Gasteiger partial charge on any atom is -0.496 e. The molecule has 0 radical (unpaired) electrons. The second kappa shape index (κ2) is 11.2. The van der Waals surface area contributed by atoms with E-state index in [0.717, 1.165) is 31.0 Å². The van der Waals surface area contributed by atoms with E-state index in [4.69, 9.17) is 9.47 Å². The number of methoxy groups -OCH3 is 2. The largest absolute Gasteiger partial charge is 0.496 e. The highest BCUT2D eigenvalue weighted by atomic mass is 19.1. The average Bonchev–Trinajstić information content (AvgIpc) is 2.97. The van der Waals surface area contributed by atoms with Gasteiger partial charge in [-0.2, -0.15) is 0 Å². The molecule has 0 unspecified atom stereocenters. The van der Waals surface area contributed by atoms with Gasteiger partial charge in [-0.15, -0.1) is 0 Å². The number of halogens is 3. The standard InChI is InChI=1S/C30H30F3N3O4/c1-39-23-8-4-9-24(40-2)26(23)29(38)35-16-13-30(14-17-35)12-5-15-36(18-30)28(37)22-11-10-21(33)27(34-22)25-19(31)6-3-7-20(25)32/h3-4,6-11H,5,12-18H2,1-2H3. The van der Waals surface area contributed by atoms with Crippen LogP contribution in [0.25, 0.3) is 11.3 Å². The van der Waals surface area contributed by atoms with Crippen LogP contribution in [0.3, 0.4) is 0 Å². The van der Waals surface area contributed by atoms with E-state index in [1.165, 1.54) is 26.4 Å². The van der Waals surface area contributed by atoms with Crippen LogP contribution in [0.15, 0.2) is 48.5 Å². The van der Waals surface area contributed by atoms with Gasteiger partial charge in [0.15, 0.2) is 0 Å². The Kier molecular flexibility index (Phi) is 7.69. The van der Waals surface area contributed by atoms with Crippen molar-refractivity contribution in [2.24, 2.45) is 5.41 Å². The third-order valence-electron chi connectivity index (χ3n) is 7.97. The molecular formula is C30H30F3N3O4. The molecule has 0 aliphatic carbocycles. The molecule has 2 aromatic carbocycles. The van der Waals surface area contributed by atoms with Crippen LogP contribution in [0.5, 0.6) is 11.5 Å². The summed E-state index contributed by atoms with van der Waals surface area (Å²) in [6.45, 7) is 1.96.